The highest BCUT2D eigenvalue weighted by atomic mass is 35.5. The summed E-state index contributed by atoms with van der Waals surface area (Å²) in [5.41, 5.74) is 0.870. The molecule has 3 rings (SSSR count). The number of carbonyl (C=O) groups excluding carboxylic acids is 2. The number of amides is 2. The van der Waals surface area contributed by atoms with Crippen molar-refractivity contribution in [3.63, 3.8) is 0 Å². The van der Waals surface area contributed by atoms with E-state index < -0.39 is 0 Å². The fourth-order valence-electron chi connectivity index (χ4n) is 2.81. The molecule has 0 atom stereocenters. The van der Waals surface area contributed by atoms with Crippen molar-refractivity contribution in [2.75, 3.05) is 45.2 Å². The van der Waals surface area contributed by atoms with Gasteiger partial charge in [-0.1, -0.05) is 23.2 Å². The summed E-state index contributed by atoms with van der Waals surface area (Å²) in [6.45, 7) is 2.84. The lowest BCUT2D eigenvalue weighted by Crippen LogP contribution is -2.47. The van der Waals surface area contributed by atoms with Gasteiger partial charge >= 0.3 is 0 Å². The van der Waals surface area contributed by atoms with Crippen LogP contribution in [0.4, 0.5) is 5.69 Å². The summed E-state index contributed by atoms with van der Waals surface area (Å²) in [4.78, 5) is 28.9. The van der Waals surface area contributed by atoms with Gasteiger partial charge in [-0.3, -0.25) is 9.59 Å². The molecule has 0 spiro atoms. The van der Waals surface area contributed by atoms with Crippen LogP contribution in [0.2, 0.25) is 10.0 Å². The van der Waals surface area contributed by atoms with E-state index in [0.29, 0.717) is 40.1 Å². The third-order valence-corrected chi connectivity index (χ3v) is 5.04. The first kappa shape index (κ1) is 20.5. The molecular formula is C20H21Cl2N3O3. The second-order valence-electron chi connectivity index (χ2n) is 6.58. The van der Waals surface area contributed by atoms with Crippen LogP contribution in [0.1, 0.15) is 10.4 Å². The standard InChI is InChI=1S/C20H21Cl2N3O3/c1-24-8-10-25(11-9-24)20(27)14-2-7-17(22)18(12-14)23-19(26)13-28-16-5-3-15(21)4-6-16/h2-7,12H,8-11,13H2,1H3,(H,23,26). The number of carbonyl (C=O) groups is 2. The summed E-state index contributed by atoms with van der Waals surface area (Å²) < 4.78 is 5.42. The molecule has 0 saturated carbocycles. The van der Waals surface area contributed by atoms with Crippen LogP contribution < -0.4 is 10.1 Å². The summed E-state index contributed by atoms with van der Waals surface area (Å²) in [7, 11) is 2.03. The molecule has 0 aromatic heterocycles. The van der Waals surface area contributed by atoms with E-state index in [2.05, 4.69) is 10.2 Å². The molecule has 0 radical (unpaired) electrons. The van der Waals surface area contributed by atoms with Crippen LogP contribution in [-0.4, -0.2) is 61.4 Å². The number of anilines is 1. The highest BCUT2D eigenvalue weighted by Crippen LogP contribution is 2.24. The number of rotatable bonds is 5. The van der Waals surface area contributed by atoms with Crippen molar-refractivity contribution in [2.24, 2.45) is 0 Å². The Balaban J connectivity index is 1.61. The van der Waals surface area contributed by atoms with Gasteiger partial charge in [0.15, 0.2) is 6.61 Å². The monoisotopic (exact) mass is 421 g/mol. The summed E-state index contributed by atoms with van der Waals surface area (Å²) in [5.74, 6) is 0.0865. The van der Waals surface area contributed by atoms with E-state index >= 15 is 0 Å². The fourth-order valence-corrected chi connectivity index (χ4v) is 3.10. The van der Waals surface area contributed by atoms with Crippen LogP contribution in [0.25, 0.3) is 0 Å². The van der Waals surface area contributed by atoms with Gasteiger partial charge in [0.2, 0.25) is 0 Å². The maximum atomic E-state index is 12.7. The smallest absolute Gasteiger partial charge is 0.262 e. The molecule has 0 bridgehead atoms. The number of hydrogen-bond acceptors (Lipinski definition) is 4. The quantitative estimate of drug-likeness (QED) is 0.803. The fraction of sp³-hybridized carbons (Fsp3) is 0.300. The molecule has 0 aliphatic carbocycles. The molecule has 1 aliphatic rings. The Morgan fingerprint density at radius 1 is 1.04 bits per heavy atom. The molecule has 2 amide bonds. The minimum atomic E-state index is -0.374. The number of likely N-dealkylation sites (N-methyl/N-ethyl adjacent to an activating group) is 1. The largest absolute Gasteiger partial charge is 0.484 e. The molecule has 0 unspecified atom stereocenters. The van der Waals surface area contributed by atoms with Crippen LogP contribution >= 0.6 is 23.2 Å². The first-order chi connectivity index (χ1) is 13.4. The van der Waals surface area contributed by atoms with Crippen LogP contribution in [0.15, 0.2) is 42.5 Å². The zero-order chi connectivity index (χ0) is 20.1. The minimum absolute atomic E-state index is 0.0716. The molecular weight excluding hydrogens is 401 g/mol. The van der Waals surface area contributed by atoms with Crippen molar-refractivity contribution in [1.29, 1.82) is 0 Å². The Hall–Kier alpha value is -2.28. The number of halogens is 2. The van der Waals surface area contributed by atoms with Crippen LogP contribution in [-0.2, 0) is 4.79 Å². The molecule has 2 aromatic rings. The molecule has 148 valence electrons. The molecule has 1 aliphatic heterocycles. The van der Waals surface area contributed by atoms with Crippen molar-refractivity contribution in [3.8, 4) is 5.75 Å². The lowest BCUT2D eigenvalue weighted by molar-refractivity contribution is -0.118. The van der Waals surface area contributed by atoms with Gasteiger partial charge in [0.1, 0.15) is 5.75 Å². The zero-order valence-electron chi connectivity index (χ0n) is 15.5. The maximum Gasteiger partial charge on any atom is 0.262 e. The topological polar surface area (TPSA) is 61.9 Å². The van der Waals surface area contributed by atoms with E-state index in [0.717, 1.165) is 13.1 Å². The van der Waals surface area contributed by atoms with Gasteiger partial charge in [0.05, 0.1) is 10.7 Å². The predicted octanol–water partition coefficient (Wildman–Crippen LogP) is 3.40. The van der Waals surface area contributed by atoms with Gasteiger partial charge in [0, 0.05) is 36.8 Å². The molecule has 28 heavy (non-hydrogen) atoms. The highest BCUT2D eigenvalue weighted by molar-refractivity contribution is 6.34. The Labute approximate surface area is 174 Å². The summed E-state index contributed by atoms with van der Waals surface area (Å²) >= 11 is 12.0. The SMILES string of the molecule is CN1CCN(C(=O)c2ccc(Cl)c(NC(=O)COc3ccc(Cl)cc3)c2)CC1. The molecule has 1 saturated heterocycles. The van der Waals surface area contributed by atoms with Gasteiger partial charge in [-0.2, -0.15) is 0 Å². The lowest BCUT2D eigenvalue weighted by Gasteiger charge is -2.32. The van der Waals surface area contributed by atoms with E-state index in [1.54, 1.807) is 47.4 Å². The number of hydrogen-bond donors (Lipinski definition) is 1. The molecule has 1 fully saturated rings. The van der Waals surface area contributed by atoms with Crippen molar-refractivity contribution in [3.05, 3.63) is 58.1 Å². The van der Waals surface area contributed by atoms with Gasteiger partial charge < -0.3 is 19.9 Å². The first-order valence-electron chi connectivity index (χ1n) is 8.88. The molecule has 1 heterocycles. The number of piperazine rings is 1. The summed E-state index contributed by atoms with van der Waals surface area (Å²) in [5, 5.41) is 3.64. The highest BCUT2D eigenvalue weighted by Gasteiger charge is 2.21. The van der Waals surface area contributed by atoms with E-state index in [9.17, 15) is 9.59 Å². The van der Waals surface area contributed by atoms with Crippen molar-refractivity contribution in [1.82, 2.24) is 9.80 Å². The normalized spacial score (nSPS) is 14.6. The van der Waals surface area contributed by atoms with E-state index in [4.69, 9.17) is 27.9 Å². The Morgan fingerprint density at radius 3 is 2.39 bits per heavy atom. The van der Waals surface area contributed by atoms with Crippen molar-refractivity contribution in [2.45, 2.75) is 0 Å². The number of nitrogens with one attached hydrogen (secondary N) is 1. The molecule has 2 aromatic carbocycles. The molecule has 8 heteroatoms. The van der Waals surface area contributed by atoms with Crippen molar-refractivity contribution < 1.29 is 14.3 Å². The number of ether oxygens (including phenoxy) is 1. The van der Waals surface area contributed by atoms with Gasteiger partial charge in [-0.25, -0.2) is 0 Å². The van der Waals surface area contributed by atoms with Crippen LogP contribution in [0.3, 0.4) is 0 Å². The second kappa shape index (κ2) is 9.28. The molecule has 1 N–H and O–H groups in total. The van der Waals surface area contributed by atoms with E-state index in [-0.39, 0.29) is 18.4 Å². The average molecular weight is 422 g/mol. The van der Waals surface area contributed by atoms with Gasteiger partial charge in [-0.05, 0) is 49.5 Å². The molecule has 6 nitrogen and oxygen atoms in total. The zero-order valence-corrected chi connectivity index (χ0v) is 17.0. The third-order valence-electron chi connectivity index (χ3n) is 4.46. The Morgan fingerprint density at radius 2 is 1.71 bits per heavy atom. The third kappa shape index (κ3) is 5.38. The maximum absolute atomic E-state index is 12.7. The van der Waals surface area contributed by atoms with E-state index in [1.807, 2.05) is 7.05 Å². The minimum Gasteiger partial charge on any atom is -0.484 e. The number of benzene rings is 2. The van der Waals surface area contributed by atoms with E-state index in [1.165, 1.54) is 0 Å². The lowest BCUT2D eigenvalue weighted by atomic mass is 10.1. The van der Waals surface area contributed by atoms with Crippen LogP contribution in [0, 0.1) is 0 Å². The second-order valence-corrected chi connectivity index (χ2v) is 7.42. The Kier molecular flexibility index (Phi) is 6.78. The van der Waals surface area contributed by atoms with Gasteiger partial charge in [0.25, 0.3) is 11.8 Å². The number of nitrogens with zero attached hydrogens (tertiary/aromatic N) is 2. The summed E-state index contributed by atoms with van der Waals surface area (Å²) in [6.07, 6.45) is 0. The average Bonchev–Trinajstić information content (AvgIpc) is 2.69. The van der Waals surface area contributed by atoms with Gasteiger partial charge in [-0.15, -0.1) is 0 Å². The van der Waals surface area contributed by atoms with Crippen molar-refractivity contribution >= 4 is 40.7 Å². The van der Waals surface area contributed by atoms with Crippen LogP contribution in [0.5, 0.6) is 5.75 Å². The Bertz CT molecular complexity index is 850. The predicted molar refractivity (Wildman–Crippen MR) is 110 cm³/mol. The summed E-state index contributed by atoms with van der Waals surface area (Å²) in [6, 6.07) is 11.6. The first-order valence-corrected chi connectivity index (χ1v) is 9.63.